The molecule has 1 aliphatic rings. The summed E-state index contributed by atoms with van der Waals surface area (Å²) in [5, 5.41) is 3.96. The van der Waals surface area contributed by atoms with E-state index < -0.39 is 0 Å². The van der Waals surface area contributed by atoms with E-state index in [1.54, 1.807) is 24.9 Å². The monoisotopic (exact) mass is 377 g/mol. The van der Waals surface area contributed by atoms with Gasteiger partial charge in [-0.2, -0.15) is 4.98 Å². The van der Waals surface area contributed by atoms with Crippen molar-refractivity contribution in [3.05, 3.63) is 35.0 Å². The molecule has 0 radical (unpaired) electrons. The molecule has 0 saturated carbocycles. The van der Waals surface area contributed by atoms with E-state index in [0.717, 1.165) is 21.9 Å². The summed E-state index contributed by atoms with van der Waals surface area (Å²) >= 11 is 7.60. The summed E-state index contributed by atoms with van der Waals surface area (Å²) in [5.41, 5.74) is 6.90. The zero-order chi connectivity index (χ0) is 18.0. The van der Waals surface area contributed by atoms with Crippen LogP contribution in [0, 0.1) is 6.92 Å². The Hall–Kier alpha value is -1.83. The SMILES string of the molecule is CC(=O)C1CNCCN1c1nc(N)ncc1Sc1ccc(Cl)cc1C. The van der Waals surface area contributed by atoms with E-state index in [1.165, 1.54) is 0 Å². The number of hydrogen-bond donors (Lipinski definition) is 2. The first-order valence-electron chi connectivity index (χ1n) is 8.00. The van der Waals surface area contributed by atoms with E-state index in [9.17, 15) is 4.79 Å². The average molecular weight is 378 g/mol. The number of nitrogens with zero attached hydrogens (tertiary/aromatic N) is 3. The fourth-order valence-corrected chi connectivity index (χ4v) is 4.00. The number of halogens is 1. The topological polar surface area (TPSA) is 84.1 Å². The number of Topliss-reactive ketones (excluding diaryl/α,β-unsaturated/α-hetero) is 1. The summed E-state index contributed by atoms with van der Waals surface area (Å²) in [6.45, 7) is 5.69. The third-order valence-corrected chi connectivity index (χ3v) is 5.52. The number of carbonyl (C=O) groups is 1. The van der Waals surface area contributed by atoms with Crippen molar-refractivity contribution in [2.45, 2.75) is 29.7 Å². The first kappa shape index (κ1) is 18.0. The lowest BCUT2D eigenvalue weighted by atomic mass is 10.1. The number of aromatic nitrogens is 2. The van der Waals surface area contributed by atoms with Crippen LogP contribution in [0.1, 0.15) is 12.5 Å². The third kappa shape index (κ3) is 4.05. The van der Waals surface area contributed by atoms with Gasteiger partial charge in [-0.25, -0.2) is 4.98 Å². The maximum Gasteiger partial charge on any atom is 0.222 e. The molecule has 1 saturated heterocycles. The number of anilines is 2. The molecule has 2 heterocycles. The Morgan fingerprint density at radius 1 is 1.44 bits per heavy atom. The molecule has 132 valence electrons. The summed E-state index contributed by atoms with van der Waals surface area (Å²) in [7, 11) is 0. The second-order valence-corrected chi connectivity index (χ2v) is 7.47. The lowest BCUT2D eigenvalue weighted by molar-refractivity contribution is -0.118. The lowest BCUT2D eigenvalue weighted by Crippen LogP contribution is -2.55. The highest BCUT2D eigenvalue weighted by molar-refractivity contribution is 7.99. The number of benzene rings is 1. The number of ketones is 1. The number of nitrogens with two attached hydrogens (primary N) is 1. The highest BCUT2D eigenvalue weighted by Crippen LogP contribution is 2.37. The normalized spacial score (nSPS) is 17.6. The molecule has 1 aromatic carbocycles. The maximum atomic E-state index is 12.1. The molecule has 1 unspecified atom stereocenters. The number of rotatable bonds is 4. The van der Waals surface area contributed by atoms with Gasteiger partial charge in [-0.3, -0.25) is 4.79 Å². The second-order valence-electron chi connectivity index (χ2n) is 5.95. The van der Waals surface area contributed by atoms with Crippen LogP contribution in [0.3, 0.4) is 0 Å². The van der Waals surface area contributed by atoms with Crippen molar-refractivity contribution in [1.29, 1.82) is 0 Å². The van der Waals surface area contributed by atoms with Gasteiger partial charge in [0, 0.05) is 35.7 Å². The average Bonchev–Trinajstić information content (AvgIpc) is 2.58. The number of carbonyl (C=O) groups excluding carboxylic acids is 1. The molecule has 1 fully saturated rings. The highest BCUT2D eigenvalue weighted by Gasteiger charge is 2.29. The van der Waals surface area contributed by atoms with Crippen LogP contribution in [0.25, 0.3) is 0 Å². The Balaban J connectivity index is 1.99. The first-order valence-corrected chi connectivity index (χ1v) is 9.19. The minimum atomic E-state index is -0.256. The molecule has 0 aliphatic carbocycles. The van der Waals surface area contributed by atoms with Crippen LogP contribution in [0.2, 0.25) is 5.02 Å². The Labute approximate surface area is 156 Å². The van der Waals surface area contributed by atoms with Gasteiger partial charge in [0.05, 0.1) is 4.90 Å². The number of nitrogen functional groups attached to an aromatic ring is 1. The standard InChI is InChI=1S/C17H20ClN5OS/c1-10-7-12(18)3-4-14(10)25-15-9-21-17(19)22-16(15)23-6-5-20-8-13(23)11(2)24/h3-4,7,9,13,20H,5-6,8H2,1-2H3,(H2,19,21,22). The van der Waals surface area contributed by atoms with Crippen LogP contribution in [0.15, 0.2) is 34.2 Å². The van der Waals surface area contributed by atoms with Crippen molar-refractivity contribution in [2.75, 3.05) is 30.3 Å². The molecule has 1 aromatic heterocycles. The van der Waals surface area contributed by atoms with Gasteiger partial charge >= 0.3 is 0 Å². The van der Waals surface area contributed by atoms with Crippen LogP contribution < -0.4 is 16.0 Å². The first-order chi connectivity index (χ1) is 12.0. The summed E-state index contributed by atoms with van der Waals surface area (Å²) in [6.07, 6.45) is 1.72. The number of piperazine rings is 1. The van der Waals surface area contributed by atoms with Gasteiger partial charge in [0.15, 0.2) is 5.78 Å². The molecule has 0 bridgehead atoms. The smallest absolute Gasteiger partial charge is 0.222 e. The van der Waals surface area contributed by atoms with Crippen molar-refractivity contribution < 1.29 is 4.79 Å². The lowest BCUT2D eigenvalue weighted by Gasteiger charge is -2.36. The molecular weight excluding hydrogens is 358 g/mol. The molecule has 25 heavy (non-hydrogen) atoms. The van der Waals surface area contributed by atoms with Crippen molar-refractivity contribution in [3.63, 3.8) is 0 Å². The molecule has 0 amide bonds. The van der Waals surface area contributed by atoms with Gasteiger partial charge in [0.1, 0.15) is 11.9 Å². The van der Waals surface area contributed by atoms with Crippen molar-refractivity contribution in [1.82, 2.24) is 15.3 Å². The molecule has 3 N–H and O–H groups in total. The fourth-order valence-electron chi connectivity index (χ4n) is 2.82. The molecule has 6 nitrogen and oxygen atoms in total. The Bertz CT molecular complexity index is 801. The number of nitrogens with one attached hydrogen (secondary N) is 1. The van der Waals surface area contributed by atoms with Gasteiger partial charge in [-0.05, 0) is 37.6 Å². The van der Waals surface area contributed by atoms with Crippen LogP contribution in [-0.2, 0) is 4.79 Å². The molecule has 1 atom stereocenters. The van der Waals surface area contributed by atoms with E-state index in [1.807, 2.05) is 30.0 Å². The predicted octanol–water partition coefficient (Wildman–Crippen LogP) is 2.54. The van der Waals surface area contributed by atoms with Crippen molar-refractivity contribution in [3.8, 4) is 0 Å². The van der Waals surface area contributed by atoms with Crippen LogP contribution in [0.5, 0.6) is 0 Å². The molecular formula is C17H20ClN5OS. The van der Waals surface area contributed by atoms with E-state index in [4.69, 9.17) is 17.3 Å². The Morgan fingerprint density at radius 2 is 2.24 bits per heavy atom. The molecule has 2 aromatic rings. The van der Waals surface area contributed by atoms with Crippen molar-refractivity contribution in [2.24, 2.45) is 0 Å². The van der Waals surface area contributed by atoms with Crippen molar-refractivity contribution >= 4 is 40.9 Å². The van der Waals surface area contributed by atoms with E-state index in [2.05, 4.69) is 15.3 Å². The third-order valence-electron chi connectivity index (χ3n) is 4.10. The quantitative estimate of drug-likeness (QED) is 0.846. The minimum Gasteiger partial charge on any atom is -0.368 e. The van der Waals surface area contributed by atoms with Gasteiger partial charge < -0.3 is 16.0 Å². The molecule has 8 heteroatoms. The zero-order valence-corrected chi connectivity index (χ0v) is 15.7. The van der Waals surface area contributed by atoms with E-state index in [-0.39, 0.29) is 17.8 Å². The predicted molar refractivity (Wildman–Crippen MR) is 101 cm³/mol. The molecule has 1 aliphatic heterocycles. The zero-order valence-electron chi connectivity index (χ0n) is 14.1. The van der Waals surface area contributed by atoms with Crippen LogP contribution >= 0.6 is 23.4 Å². The summed E-state index contributed by atoms with van der Waals surface area (Å²) < 4.78 is 0. The highest BCUT2D eigenvalue weighted by atomic mass is 35.5. The maximum absolute atomic E-state index is 12.1. The second kappa shape index (κ2) is 7.59. The Kier molecular flexibility index (Phi) is 5.46. The van der Waals surface area contributed by atoms with Gasteiger partial charge in [-0.1, -0.05) is 23.4 Å². The van der Waals surface area contributed by atoms with Crippen LogP contribution in [-0.4, -0.2) is 41.4 Å². The number of aryl methyl sites for hydroxylation is 1. The summed E-state index contributed by atoms with van der Waals surface area (Å²) in [5.74, 6) is 1.00. The summed E-state index contributed by atoms with van der Waals surface area (Å²) in [4.78, 5) is 24.6. The van der Waals surface area contributed by atoms with Crippen LogP contribution in [0.4, 0.5) is 11.8 Å². The Morgan fingerprint density at radius 3 is 2.96 bits per heavy atom. The largest absolute Gasteiger partial charge is 0.368 e. The minimum absolute atomic E-state index is 0.100. The van der Waals surface area contributed by atoms with E-state index in [0.29, 0.717) is 23.9 Å². The summed E-state index contributed by atoms with van der Waals surface area (Å²) in [6, 6.07) is 5.50. The fraction of sp³-hybridized carbons (Fsp3) is 0.353. The van der Waals surface area contributed by atoms with Gasteiger partial charge in [0.25, 0.3) is 0 Å². The van der Waals surface area contributed by atoms with E-state index >= 15 is 0 Å². The van der Waals surface area contributed by atoms with Gasteiger partial charge in [-0.15, -0.1) is 0 Å². The van der Waals surface area contributed by atoms with Gasteiger partial charge in [0.2, 0.25) is 5.95 Å². The number of hydrogen-bond acceptors (Lipinski definition) is 7. The molecule has 3 rings (SSSR count). The molecule has 0 spiro atoms.